The van der Waals surface area contributed by atoms with E-state index in [0.29, 0.717) is 23.1 Å². The summed E-state index contributed by atoms with van der Waals surface area (Å²) in [5.41, 5.74) is 2.59. The van der Waals surface area contributed by atoms with Gasteiger partial charge in [0.05, 0.1) is 5.69 Å². The van der Waals surface area contributed by atoms with Gasteiger partial charge in [-0.25, -0.2) is 4.98 Å². The fraction of sp³-hybridized carbons (Fsp3) is 0.348. The predicted molar refractivity (Wildman–Crippen MR) is 119 cm³/mol. The van der Waals surface area contributed by atoms with Crippen LogP contribution in [0.1, 0.15) is 41.4 Å². The highest BCUT2D eigenvalue weighted by Gasteiger charge is 2.17. The van der Waals surface area contributed by atoms with Crippen LogP contribution in [0.25, 0.3) is 0 Å². The molecular formula is C23H26N4O2S. The fourth-order valence-corrected chi connectivity index (χ4v) is 4.10. The van der Waals surface area contributed by atoms with Crippen molar-refractivity contribution in [3.63, 3.8) is 0 Å². The molecule has 2 aromatic heterocycles. The number of nitrogens with zero attached hydrogens (tertiary/aromatic N) is 3. The molecule has 7 heteroatoms. The van der Waals surface area contributed by atoms with Gasteiger partial charge in [0.2, 0.25) is 0 Å². The van der Waals surface area contributed by atoms with Crippen molar-refractivity contribution in [1.82, 2.24) is 14.9 Å². The first kappa shape index (κ1) is 20.5. The highest BCUT2D eigenvalue weighted by molar-refractivity contribution is 7.13. The van der Waals surface area contributed by atoms with Crippen molar-refractivity contribution in [2.24, 2.45) is 5.92 Å². The van der Waals surface area contributed by atoms with Crippen molar-refractivity contribution < 1.29 is 9.53 Å². The number of nitrogens with one attached hydrogen (secondary N) is 1. The number of anilines is 1. The largest absolute Gasteiger partial charge is 0.489 e. The van der Waals surface area contributed by atoms with E-state index in [0.717, 1.165) is 36.8 Å². The second kappa shape index (κ2) is 9.82. The molecule has 0 unspecified atom stereocenters. The van der Waals surface area contributed by atoms with Crippen LogP contribution in [0, 0.1) is 5.92 Å². The van der Waals surface area contributed by atoms with E-state index in [1.54, 1.807) is 36.7 Å². The minimum absolute atomic E-state index is 0.165. The average molecular weight is 423 g/mol. The number of ether oxygens (including phenoxy) is 1. The van der Waals surface area contributed by atoms with E-state index in [4.69, 9.17) is 4.74 Å². The molecule has 0 spiro atoms. The van der Waals surface area contributed by atoms with Gasteiger partial charge in [-0.2, -0.15) is 0 Å². The summed E-state index contributed by atoms with van der Waals surface area (Å²) in [6.45, 7) is 5.84. The Bertz CT molecular complexity index is 951. The Morgan fingerprint density at radius 2 is 2.03 bits per heavy atom. The SMILES string of the molecule is CC1CCN(Cc2csc(NC(=O)c3ccc(OCc4cccnc4)cc3)n2)CC1. The number of aromatic nitrogens is 2. The molecule has 3 heterocycles. The maximum Gasteiger partial charge on any atom is 0.257 e. The lowest BCUT2D eigenvalue weighted by Crippen LogP contribution is -2.32. The first-order chi connectivity index (χ1) is 14.7. The monoisotopic (exact) mass is 422 g/mol. The summed E-state index contributed by atoms with van der Waals surface area (Å²) in [6.07, 6.45) is 6.00. The van der Waals surface area contributed by atoms with Crippen molar-refractivity contribution in [2.45, 2.75) is 32.9 Å². The molecule has 1 N–H and O–H groups in total. The topological polar surface area (TPSA) is 67.4 Å². The molecule has 0 radical (unpaired) electrons. The second-order valence-electron chi connectivity index (χ2n) is 7.73. The van der Waals surface area contributed by atoms with Gasteiger partial charge in [-0.1, -0.05) is 13.0 Å². The highest BCUT2D eigenvalue weighted by Crippen LogP contribution is 2.22. The number of amides is 1. The van der Waals surface area contributed by atoms with Crippen LogP contribution in [0.4, 0.5) is 5.13 Å². The van der Waals surface area contributed by atoms with E-state index in [-0.39, 0.29) is 5.91 Å². The smallest absolute Gasteiger partial charge is 0.257 e. The Hall–Kier alpha value is -2.77. The first-order valence-electron chi connectivity index (χ1n) is 10.3. The van der Waals surface area contributed by atoms with Crippen LogP contribution >= 0.6 is 11.3 Å². The number of carbonyl (C=O) groups excluding carboxylic acids is 1. The normalized spacial score (nSPS) is 15.1. The van der Waals surface area contributed by atoms with Gasteiger partial charge in [0, 0.05) is 35.4 Å². The number of rotatable bonds is 7. The summed E-state index contributed by atoms with van der Waals surface area (Å²) in [4.78, 5) is 23.6. The quantitative estimate of drug-likeness (QED) is 0.603. The van der Waals surface area contributed by atoms with Crippen molar-refractivity contribution in [2.75, 3.05) is 18.4 Å². The molecule has 1 aliphatic heterocycles. The Balaban J connectivity index is 1.28. The van der Waals surface area contributed by atoms with E-state index >= 15 is 0 Å². The lowest BCUT2D eigenvalue weighted by Gasteiger charge is -2.29. The number of thiazole rings is 1. The molecule has 1 aliphatic rings. The third-order valence-electron chi connectivity index (χ3n) is 5.28. The number of hydrogen-bond donors (Lipinski definition) is 1. The zero-order valence-corrected chi connectivity index (χ0v) is 17.9. The number of benzene rings is 1. The molecule has 1 saturated heterocycles. The number of pyridine rings is 1. The molecule has 0 aliphatic carbocycles. The van der Waals surface area contributed by atoms with Gasteiger partial charge in [0.25, 0.3) is 5.91 Å². The minimum Gasteiger partial charge on any atom is -0.489 e. The summed E-state index contributed by atoms with van der Waals surface area (Å²) < 4.78 is 5.74. The van der Waals surface area contributed by atoms with Crippen LogP contribution in [0.2, 0.25) is 0 Å². The molecule has 3 aromatic rings. The fourth-order valence-electron chi connectivity index (χ4n) is 3.41. The molecule has 30 heavy (non-hydrogen) atoms. The van der Waals surface area contributed by atoms with Gasteiger partial charge in [-0.15, -0.1) is 11.3 Å². The molecule has 6 nitrogen and oxygen atoms in total. The van der Waals surface area contributed by atoms with Crippen LogP contribution in [-0.4, -0.2) is 33.9 Å². The third kappa shape index (κ3) is 5.64. The van der Waals surface area contributed by atoms with Crippen molar-refractivity contribution in [1.29, 1.82) is 0 Å². The summed E-state index contributed by atoms with van der Waals surface area (Å²) in [5.74, 6) is 1.36. The van der Waals surface area contributed by atoms with Crippen LogP contribution in [-0.2, 0) is 13.2 Å². The van der Waals surface area contributed by atoms with Gasteiger partial charge in [0.1, 0.15) is 12.4 Å². The summed E-state index contributed by atoms with van der Waals surface area (Å²) in [7, 11) is 0. The van der Waals surface area contributed by atoms with Crippen LogP contribution in [0.3, 0.4) is 0 Å². The Labute approximate surface area is 180 Å². The summed E-state index contributed by atoms with van der Waals surface area (Å²) >= 11 is 1.47. The molecular weight excluding hydrogens is 396 g/mol. The highest BCUT2D eigenvalue weighted by atomic mass is 32.1. The second-order valence-corrected chi connectivity index (χ2v) is 8.59. The standard InChI is InChI=1S/C23H26N4O2S/c1-17-8-11-27(12-9-17)14-20-16-30-23(25-20)26-22(28)19-4-6-21(7-5-19)29-15-18-3-2-10-24-13-18/h2-7,10,13,16-17H,8-9,11-12,14-15H2,1H3,(H,25,26,28). The molecule has 156 valence electrons. The number of hydrogen-bond acceptors (Lipinski definition) is 6. The van der Waals surface area contributed by atoms with Crippen molar-refractivity contribution in [3.8, 4) is 5.75 Å². The average Bonchev–Trinajstić information content (AvgIpc) is 3.21. The number of likely N-dealkylation sites (tertiary alicyclic amines) is 1. The van der Waals surface area contributed by atoms with Gasteiger partial charge in [0.15, 0.2) is 5.13 Å². The van der Waals surface area contributed by atoms with Gasteiger partial charge in [-0.05, 0) is 62.2 Å². The molecule has 0 saturated carbocycles. The van der Waals surface area contributed by atoms with Crippen molar-refractivity contribution >= 4 is 22.4 Å². The number of piperidine rings is 1. The molecule has 4 rings (SSSR count). The van der Waals surface area contributed by atoms with E-state index in [2.05, 4.69) is 27.1 Å². The Morgan fingerprint density at radius 3 is 2.77 bits per heavy atom. The van der Waals surface area contributed by atoms with Gasteiger partial charge in [-0.3, -0.25) is 20.0 Å². The minimum atomic E-state index is -0.165. The summed E-state index contributed by atoms with van der Waals surface area (Å²) in [6, 6.07) is 11.0. The van der Waals surface area contributed by atoms with E-state index in [1.165, 1.54) is 24.2 Å². The molecule has 1 amide bonds. The number of carbonyl (C=O) groups is 1. The lowest BCUT2D eigenvalue weighted by molar-refractivity contribution is 0.102. The molecule has 0 atom stereocenters. The van der Waals surface area contributed by atoms with E-state index < -0.39 is 0 Å². The van der Waals surface area contributed by atoms with E-state index in [9.17, 15) is 4.79 Å². The van der Waals surface area contributed by atoms with Gasteiger partial charge >= 0.3 is 0 Å². The zero-order valence-electron chi connectivity index (χ0n) is 17.1. The Morgan fingerprint density at radius 1 is 1.23 bits per heavy atom. The summed E-state index contributed by atoms with van der Waals surface area (Å²) in [5, 5.41) is 5.57. The maximum absolute atomic E-state index is 12.5. The van der Waals surface area contributed by atoms with Crippen LogP contribution < -0.4 is 10.1 Å². The van der Waals surface area contributed by atoms with Crippen LogP contribution in [0.5, 0.6) is 5.75 Å². The predicted octanol–water partition coefficient (Wildman–Crippen LogP) is 4.60. The molecule has 1 fully saturated rings. The molecule has 0 bridgehead atoms. The van der Waals surface area contributed by atoms with E-state index in [1.807, 2.05) is 17.5 Å². The third-order valence-corrected chi connectivity index (χ3v) is 6.09. The van der Waals surface area contributed by atoms with Gasteiger partial charge < -0.3 is 4.74 Å². The zero-order chi connectivity index (χ0) is 20.8. The van der Waals surface area contributed by atoms with Crippen LogP contribution in [0.15, 0.2) is 54.2 Å². The first-order valence-corrected chi connectivity index (χ1v) is 11.1. The maximum atomic E-state index is 12.5. The lowest BCUT2D eigenvalue weighted by atomic mass is 9.99. The Kier molecular flexibility index (Phi) is 6.71. The molecule has 1 aromatic carbocycles. The van der Waals surface area contributed by atoms with Crippen molar-refractivity contribution in [3.05, 3.63) is 71.0 Å².